The lowest BCUT2D eigenvalue weighted by Crippen LogP contribution is -2.69. The van der Waals surface area contributed by atoms with Crippen molar-refractivity contribution in [3.8, 4) is 11.3 Å². The highest BCUT2D eigenvalue weighted by Crippen LogP contribution is 2.50. The molecule has 0 unspecified atom stereocenters. The number of nitrogens with zero attached hydrogens (tertiary/aromatic N) is 6. The summed E-state index contributed by atoms with van der Waals surface area (Å²) in [5.74, 6) is -2.20. The maximum atomic E-state index is 14.7. The molecule has 0 radical (unpaired) electrons. The molecule has 0 bridgehead atoms. The molecule has 3 aliphatic heterocycles. The van der Waals surface area contributed by atoms with Gasteiger partial charge in [-0.3, -0.25) is 14.7 Å². The number of fused-ring (bicyclic) bond motifs is 2. The average Bonchev–Trinajstić information content (AvgIpc) is 3.70. The van der Waals surface area contributed by atoms with Crippen LogP contribution in [0.15, 0.2) is 48.8 Å². The minimum Gasteiger partial charge on any atom is -0.385 e. The average molecular weight is 658 g/mol. The summed E-state index contributed by atoms with van der Waals surface area (Å²) in [4.78, 5) is 27.0. The van der Waals surface area contributed by atoms with Crippen LogP contribution in [-0.4, -0.2) is 95.3 Å². The van der Waals surface area contributed by atoms with Gasteiger partial charge < -0.3 is 25.6 Å². The number of alkyl halides is 2. The molecule has 1 aliphatic carbocycles. The molecule has 13 heteroatoms. The molecular weight excluding hydrogens is 616 g/mol. The highest BCUT2D eigenvalue weighted by Gasteiger charge is 2.61. The van der Waals surface area contributed by atoms with Gasteiger partial charge in [0.1, 0.15) is 0 Å². The molecule has 1 aromatic carbocycles. The maximum Gasteiger partial charge on any atom is 0.271 e. The van der Waals surface area contributed by atoms with Crippen LogP contribution in [0.1, 0.15) is 53.8 Å². The van der Waals surface area contributed by atoms with E-state index in [1.54, 1.807) is 17.8 Å². The molecule has 1 amide bonds. The van der Waals surface area contributed by atoms with Crippen LogP contribution >= 0.6 is 0 Å². The molecular formula is C35H41F2N9O2. The van der Waals surface area contributed by atoms with Crippen molar-refractivity contribution in [2.45, 2.75) is 56.7 Å². The van der Waals surface area contributed by atoms with Crippen molar-refractivity contribution in [1.82, 2.24) is 35.1 Å². The highest BCUT2D eigenvalue weighted by atomic mass is 19.3. The number of benzene rings is 1. The van der Waals surface area contributed by atoms with Crippen molar-refractivity contribution in [1.29, 1.82) is 0 Å². The van der Waals surface area contributed by atoms with E-state index >= 15 is 0 Å². The zero-order valence-corrected chi connectivity index (χ0v) is 27.5. The van der Waals surface area contributed by atoms with E-state index in [9.17, 15) is 13.6 Å². The summed E-state index contributed by atoms with van der Waals surface area (Å²) in [6.07, 6.45) is 6.59. The van der Waals surface area contributed by atoms with E-state index in [2.05, 4.69) is 55.9 Å². The summed E-state index contributed by atoms with van der Waals surface area (Å²) < 4.78 is 36.5. The quantitative estimate of drug-likeness (QED) is 0.254. The number of amides is 1. The number of halogens is 2. The van der Waals surface area contributed by atoms with Crippen LogP contribution in [0.2, 0.25) is 0 Å². The fraction of sp³-hybridized carbons (Fsp3) is 0.486. The first-order valence-corrected chi connectivity index (χ1v) is 16.8. The molecule has 3 N–H and O–H groups in total. The number of carbonyl (C=O) groups excluding carboxylic acids is 1. The monoisotopic (exact) mass is 657 g/mol. The number of pyridine rings is 1. The predicted octanol–water partition coefficient (Wildman–Crippen LogP) is 4.43. The van der Waals surface area contributed by atoms with Crippen molar-refractivity contribution < 1.29 is 18.3 Å². The molecule has 11 nitrogen and oxygen atoms in total. The van der Waals surface area contributed by atoms with Crippen LogP contribution in [-0.2, 0) is 11.2 Å². The Morgan fingerprint density at radius 1 is 1.15 bits per heavy atom. The maximum absolute atomic E-state index is 14.7. The molecule has 4 aromatic rings. The van der Waals surface area contributed by atoms with Crippen molar-refractivity contribution >= 4 is 28.7 Å². The number of imidazole rings is 1. The van der Waals surface area contributed by atoms with E-state index in [1.807, 2.05) is 31.4 Å². The number of nitrogens with one attached hydrogen (secondary N) is 3. The number of rotatable bonds is 8. The molecule has 4 aliphatic rings. The largest absolute Gasteiger partial charge is 0.385 e. The van der Waals surface area contributed by atoms with Crippen LogP contribution in [0, 0.1) is 5.41 Å². The molecule has 252 valence electrons. The van der Waals surface area contributed by atoms with Crippen LogP contribution in [0.3, 0.4) is 0 Å². The molecule has 3 aromatic heterocycles. The Labute approximate surface area is 278 Å². The smallest absolute Gasteiger partial charge is 0.271 e. The first-order valence-electron chi connectivity index (χ1n) is 16.8. The third kappa shape index (κ3) is 4.93. The van der Waals surface area contributed by atoms with Crippen molar-refractivity contribution in [2.75, 3.05) is 57.1 Å². The first kappa shape index (κ1) is 31.1. The molecule has 1 saturated carbocycles. The fourth-order valence-electron chi connectivity index (χ4n) is 7.86. The van der Waals surface area contributed by atoms with Gasteiger partial charge in [-0.1, -0.05) is 18.2 Å². The summed E-state index contributed by atoms with van der Waals surface area (Å²) in [5.41, 5.74) is 5.96. The molecule has 3 fully saturated rings. The van der Waals surface area contributed by atoms with Crippen molar-refractivity contribution in [3.05, 3.63) is 65.6 Å². The molecule has 3 atom stereocenters. The number of carbonyl (C=O) groups is 1. The molecule has 6 heterocycles. The second kappa shape index (κ2) is 11.7. The van der Waals surface area contributed by atoms with Crippen LogP contribution < -0.4 is 20.9 Å². The van der Waals surface area contributed by atoms with E-state index in [1.165, 1.54) is 5.56 Å². The Hall–Kier alpha value is -4.20. The van der Waals surface area contributed by atoms with Gasteiger partial charge >= 0.3 is 0 Å². The number of hydrogen-bond donors (Lipinski definition) is 3. The Kier molecular flexibility index (Phi) is 7.61. The summed E-state index contributed by atoms with van der Waals surface area (Å²) in [6.45, 7) is 4.01. The number of piperidine rings is 1. The van der Waals surface area contributed by atoms with Crippen LogP contribution in [0.25, 0.3) is 16.9 Å². The molecule has 1 spiro atoms. The number of ether oxygens (including phenoxy) is 1. The van der Waals surface area contributed by atoms with Gasteiger partial charge in [-0.2, -0.15) is 0 Å². The Bertz CT molecular complexity index is 1850. The lowest BCUT2D eigenvalue weighted by atomic mass is 9.69. The standard InChI is InChI=1S/C35H41F2N9O2/c1-21(44-19-34(20-44)12-13-39-18-35(34,36)37)22-7-8-25(40-16-22)23-5-4-6-28-24(23)11-14-45(28)31-15-27(38-2)32-41-17-29(46(32)43-31)33(47)42-26-9-10-30(26)48-3/h4-8,15-17,21,26,30,38-39H,9-14,18-20H2,1-3H3,(H,42,47)/t21-,26+,30+/m0/s1. The third-order valence-corrected chi connectivity index (χ3v) is 11.1. The highest BCUT2D eigenvalue weighted by molar-refractivity contribution is 5.94. The van der Waals surface area contributed by atoms with Crippen LogP contribution in [0.4, 0.5) is 26.0 Å². The second-order valence-electron chi connectivity index (χ2n) is 13.7. The number of likely N-dealkylation sites (tertiary alicyclic amines) is 1. The Morgan fingerprint density at radius 3 is 2.71 bits per heavy atom. The van der Waals surface area contributed by atoms with Gasteiger partial charge in [-0.15, -0.1) is 5.10 Å². The van der Waals surface area contributed by atoms with Gasteiger partial charge in [0.2, 0.25) is 0 Å². The zero-order valence-electron chi connectivity index (χ0n) is 27.5. The molecule has 8 rings (SSSR count). The number of aromatic nitrogens is 4. The summed E-state index contributed by atoms with van der Waals surface area (Å²) in [5, 5.41) is 14.1. The van der Waals surface area contributed by atoms with Crippen molar-refractivity contribution in [3.63, 3.8) is 0 Å². The van der Waals surface area contributed by atoms with Gasteiger partial charge in [0.25, 0.3) is 11.8 Å². The van der Waals surface area contributed by atoms with Gasteiger partial charge in [0.05, 0.1) is 41.7 Å². The van der Waals surface area contributed by atoms with E-state index in [0.29, 0.717) is 49.8 Å². The Balaban J connectivity index is 1.03. The summed E-state index contributed by atoms with van der Waals surface area (Å²) >= 11 is 0. The first-order chi connectivity index (χ1) is 23.2. The predicted molar refractivity (Wildman–Crippen MR) is 179 cm³/mol. The normalized spacial score (nSPS) is 23.4. The van der Waals surface area contributed by atoms with Crippen molar-refractivity contribution in [2.24, 2.45) is 5.41 Å². The minimum absolute atomic E-state index is 0.00692. The fourth-order valence-corrected chi connectivity index (χ4v) is 7.86. The Morgan fingerprint density at radius 2 is 2.00 bits per heavy atom. The van der Waals surface area contributed by atoms with Gasteiger partial charge in [0.15, 0.2) is 17.2 Å². The summed E-state index contributed by atoms with van der Waals surface area (Å²) in [7, 11) is 3.50. The van der Waals surface area contributed by atoms with Gasteiger partial charge in [-0.05, 0) is 62.4 Å². The van der Waals surface area contributed by atoms with Crippen LogP contribution in [0.5, 0.6) is 0 Å². The van der Waals surface area contributed by atoms with E-state index in [-0.39, 0.29) is 30.6 Å². The number of hydrogen-bond acceptors (Lipinski definition) is 9. The van der Waals surface area contributed by atoms with E-state index in [4.69, 9.17) is 14.8 Å². The molecule has 2 saturated heterocycles. The minimum atomic E-state index is -2.68. The zero-order chi connectivity index (χ0) is 33.2. The second-order valence-corrected chi connectivity index (χ2v) is 13.7. The SMILES string of the molecule is CNc1cc(N2CCc3c(-c4ccc([C@H](C)N5CC6(CCNCC6(F)F)C5)cn4)cccc32)nn2c(C(=O)N[C@@H]3CC[C@H]3OC)cnc12. The number of anilines is 3. The number of methoxy groups -OCH3 is 1. The third-order valence-electron chi connectivity index (χ3n) is 11.1. The lowest BCUT2D eigenvalue weighted by molar-refractivity contribution is -0.210. The summed E-state index contributed by atoms with van der Waals surface area (Å²) in [6, 6.07) is 12.3. The lowest BCUT2D eigenvalue weighted by Gasteiger charge is -2.57. The van der Waals surface area contributed by atoms with Gasteiger partial charge in [0, 0.05) is 63.3 Å². The topological polar surface area (TPSA) is 112 Å². The molecule has 48 heavy (non-hydrogen) atoms. The van der Waals surface area contributed by atoms with E-state index in [0.717, 1.165) is 47.5 Å². The van der Waals surface area contributed by atoms with E-state index < -0.39 is 11.3 Å². The van der Waals surface area contributed by atoms with Gasteiger partial charge in [-0.25, -0.2) is 18.3 Å².